The van der Waals surface area contributed by atoms with Gasteiger partial charge in [0.25, 0.3) is 0 Å². The van der Waals surface area contributed by atoms with E-state index >= 15 is 0 Å². The summed E-state index contributed by atoms with van der Waals surface area (Å²) in [6, 6.07) is 11.8. The number of non-ortho nitro benzene ring substituents is 1. The number of allylic oxidation sites excluding steroid dienone is 4. The van der Waals surface area contributed by atoms with E-state index in [0.29, 0.717) is 0 Å². The first-order valence-corrected chi connectivity index (χ1v) is 8.83. The molecule has 1 heterocycles. The van der Waals surface area contributed by atoms with Crippen LogP contribution in [0.4, 0.5) is 5.69 Å². The predicted octanol–water partition coefficient (Wildman–Crippen LogP) is 5.04. The number of nitro benzene ring substituents is 1. The largest absolute Gasteiger partial charge is 0.761 e. The van der Waals surface area contributed by atoms with Crippen LogP contribution in [-0.4, -0.2) is 9.91 Å². The van der Waals surface area contributed by atoms with Gasteiger partial charge in [-0.3, -0.25) is 15.1 Å². The maximum absolute atomic E-state index is 10.1. The van der Waals surface area contributed by atoms with Crippen molar-refractivity contribution in [2.24, 2.45) is 10.4 Å². The topological polar surface area (TPSA) is 185 Å². The van der Waals surface area contributed by atoms with Crippen molar-refractivity contribution in [2.45, 2.75) is 27.7 Å². The van der Waals surface area contributed by atoms with Gasteiger partial charge in [0.15, 0.2) is 0 Å². The van der Waals surface area contributed by atoms with Gasteiger partial charge in [0.05, 0.1) is 16.3 Å². The maximum Gasteiger partial charge on any atom is 0.245 e. The Bertz CT molecular complexity index is 820. The molecule has 2 N–H and O–H groups in total. The van der Waals surface area contributed by atoms with Crippen LogP contribution in [0.3, 0.4) is 0 Å². The minimum Gasteiger partial charge on any atom is -0.761 e. The molecular weight excluding hydrogens is 479 g/mol. The van der Waals surface area contributed by atoms with Gasteiger partial charge < -0.3 is 21.4 Å². The number of hydroxylamine groups is 2. The fraction of sp³-hybridized carbons (Fsp3) is 0.200. The molecule has 1 aromatic heterocycles. The summed E-state index contributed by atoms with van der Waals surface area (Å²) >= 11 is 0. The first kappa shape index (κ1) is 34.0. The smallest absolute Gasteiger partial charge is 0.245 e. The minimum atomic E-state index is -0.431. The van der Waals surface area contributed by atoms with E-state index in [0.717, 1.165) is 5.56 Å². The molecule has 183 valence electrons. The molecule has 33 heavy (non-hydrogen) atoms. The second-order valence-corrected chi connectivity index (χ2v) is 5.76. The summed E-state index contributed by atoms with van der Waals surface area (Å²) in [6.07, 6.45) is 3.50. The van der Waals surface area contributed by atoms with E-state index < -0.39 is 4.92 Å². The van der Waals surface area contributed by atoms with Crippen LogP contribution in [0.25, 0.3) is 0 Å². The van der Waals surface area contributed by atoms with Gasteiger partial charge in [0.2, 0.25) is 5.69 Å². The summed E-state index contributed by atoms with van der Waals surface area (Å²) in [7, 11) is 0. The molecule has 12 nitrogen and oxygen atoms in total. The normalized spacial score (nSPS) is 10.2. The van der Waals surface area contributed by atoms with E-state index in [2.05, 4.69) is 22.3 Å². The Hall–Kier alpha value is -3.65. The Morgan fingerprint density at radius 1 is 0.879 bits per heavy atom. The van der Waals surface area contributed by atoms with Crippen molar-refractivity contribution in [2.75, 3.05) is 0 Å². The molecule has 0 aliphatic rings. The molecule has 0 atom stereocenters. The monoisotopic (exact) mass is 504 g/mol. The van der Waals surface area contributed by atoms with Crippen LogP contribution in [-0.2, 0) is 16.8 Å². The van der Waals surface area contributed by atoms with Crippen LogP contribution in [0.2, 0.25) is 0 Å². The maximum atomic E-state index is 10.1. The minimum absolute atomic E-state index is 0. The second-order valence-electron chi connectivity index (χ2n) is 5.76. The van der Waals surface area contributed by atoms with E-state index in [1.165, 1.54) is 39.8 Å². The van der Waals surface area contributed by atoms with Crippen LogP contribution in [0.5, 0.6) is 0 Å². The van der Waals surface area contributed by atoms with E-state index in [1.807, 2.05) is 18.2 Å². The van der Waals surface area contributed by atoms with Crippen molar-refractivity contribution in [3.8, 4) is 0 Å². The third-order valence-electron chi connectivity index (χ3n) is 3.38. The van der Waals surface area contributed by atoms with Gasteiger partial charge in [-0.15, -0.1) is 9.81 Å². The van der Waals surface area contributed by atoms with Crippen molar-refractivity contribution in [3.05, 3.63) is 120 Å². The molecule has 0 aliphatic heterocycles. The summed E-state index contributed by atoms with van der Waals surface area (Å²) in [6.45, 7) is 9.51. The van der Waals surface area contributed by atoms with Crippen LogP contribution < -0.4 is 11.0 Å². The zero-order valence-corrected chi connectivity index (χ0v) is 19.5. The molecule has 0 aliphatic carbocycles. The van der Waals surface area contributed by atoms with Gasteiger partial charge in [-0.05, 0) is 62.3 Å². The Morgan fingerprint density at radius 3 is 1.45 bits per heavy atom. The number of pyridine rings is 1. The molecule has 0 bridgehead atoms. The number of rotatable bonds is 5. The molecule has 1 aromatic carbocycles. The summed E-state index contributed by atoms with van der Waals surface area (Å²) in [5.74, 6) is 0. The molecule has 13 heteroatoms. The number of benzene rings is 1. The number of nitro groups is 1. The third kappa shape index (κ3) is 18.8. The number of nitroso groups, excluding NO2 is 2. The molecule has 0 unspecified atom stereocenters. The molecule has 0 spiro atoms. The van der Waals surface area contributed by atoms with Gasteiger partial charge in [-0.2, -0.15) is 24.6 Å². The number of nitrogens with one attached hydrogen (secondary N) is 2. The third-order valence-corrected chi connectivity index (χ3v) is 3.38. The number of hydrogen-bond donors (Lipinski definition) is 2. The number of hydrogen-bond acceptors (Lipinski definition) is 11. The zero-order valence-electron chi connectivity index (χ0n) is 18.5. The SMILES string of the molecule is C/C(N=O)=C(/C)N[O-].C/C(N=O)=C(\C)N[O-].[CH2-]c1ccc([N+](=O)[O-])cc1.[Co].c1ccncc1. The Labute approximate surface area is 202 Å². The summed E-state index contributed by atoms with van der Waals surface area (Å²) in [5, 5.41) is 34.6. The fourth-order valence-corrected chi connectivity index (χ4v) is 1.21. The number of nitrogens with zero attached hydrogens (tertiary/aromatic N) is 4. The van der Waals surface area contributed by atoms with Crippen molar-refractivity contribution in [3.63, 3.8) is 0 Å². The molecule has 1 radical (unpaired) electrons. The molecule has 0 amide bonds. The van der Waals surface area contributed by atoms with Gasteiger partial charge in [0.1, 0.15) is 0 Å². The van der Waals surface area contributed by atoms with Gasteiger partial charge in [-0.1, -0.05) is 6.07 Å². The molecule has 0 saturated carbocycles. The Balaban J connectivity index is -0.000000365. The zero-order chi connectivity index (χ0) is 24.9. The molecule has 2 aromatic rings. The van der Waals surface area contributed by atoms with E-state index in [1.54, 1.807) is 35.5 Å². The van der Waals surface area contributed by atoms with Gasteiger partial charge in [0, 0.05) is 40.6 Å². The van der Waals surface area contributed by atoms with Crippen molar-refractivity contribution in [1.29, 1.82) is 0 Å². The fourth-order valence-electron chi connectivity index (χ4n) is 1.21. The van der Waals surface area contributed by atoms with Crippen LogP contribution in [0.15, 0.2) is 88.0 Å². The van der Waals surface area contributed by atoms with Crippen LogP contribution >= 0.6 is 0 Å². The van der Waals surface area contributed by atoms with E-state index in [-0.39, 0.29) is 45.3 Å². The Kier molecular flexibility index (Phi) is 22.2. The number of aromatic nitrogens is 1. The second kappa shape index (κ2) is 21.6. The van der Waals surface area contributed by atoms with E-state index in [9.17, 15) is 30.3 Å². The summed E-state index contributed by atoms with van der Waals surface area (Å²) in [4.78, 5) is 32.7. The quantitative estimate of drug-likeness (QED) is 0.243. The van der Waals surface area contributed by atoms with Gasteiger partial charge >= 0.3 is 0 Å². The van der Waals surface area contributed by atoms with Crippen LogP contribution in [0, 0.1) is 37.3 Å². The predicted molar refractivity (Wildman–Crippen MR) is 123 cm³/mol. The molecule has 0 saturated heterocycles. The van der Waals surface area contributed by atoms with Crippen LogP contribution in [0.1, 0.15) is 33.3 Å². The standard InChI is InChI=1S/C7H6NO2.C5H5N.2C4H7N2O2.Co/c1-6-2-4-7(5-3-6)8(9)10;1-2-4-6-5-3-1;2*1-3(5-7)4(2)6-8;/h2-5H,1H2;1-5H;2*5H,1-2H3;/q-1;;2*-1;/b;;4-3+;4-3-;. The van der Waals surface area contributed by atoms with E-state index in [4.69, 9.17) is 0 Å². The molecule has 2 rings (SSSR count). The average molecular weight is 504 g/mol. The van der Waals surface area contributed by atoms with Gasteiger partial charge in [-0.25, -0.2) is 0 Å². The first-order chi connectivity index (χ1) is 15.1. The first-order valence-electron chi connectivity index (χ1n) is 8.83. The Morgan fingerprint density at radius 2 is 1.27 bits per heavy atom. The van der Waals surface area contributed by atoms with Crippen molar-refractivity contribution >= 4 is 5.69 Å². The van der Waals surface area contributed by atoms with Crippen molar-refractivity contribution in [1.82, 2.24) is 15.9 Å². The molecule has 0 fully saturated rings. The van der Waals surface area contributed by atoms with Crippen molar-refractivity contribution < 1.29 is 21.7 Å². The average Bonchev–Trinajstić information content (AvgIpc) is 2.84. The summed E-state index contributed by atoms with van der Waals surface area (Å²) < 4.78 is 0. The summed E-state index contributed by atoms with van der Waals surface area (Å²) in [5.41, 5.74) is 4.91. The molecular formula is C20H25CoN6O6-3.